The van der Waals surface area contributed by atoms with Crippen LogP contribution in [0.1, 0.15) is 10.4 Å². The minimum atomic E-state index is -3.64. The Morgan fingerprint density at radius 1 is 0.944 bits per heavy atom. The van der Waals surface area contributed by atoms with E-state index in [2.05, 4.69) is 20.0 Å². The van der Waals surface area contributed by atoms with Crippen LogP contribution in [-0.4, -0.2) is 50.6 Å². The van der Waals surface area contributed by atoms with Crippen molar-refractivity contribution in [3.63, 3.8) is 0 Å². The van der Waals surface area contributed by atoms with Gasteiger partial charge in [-0.05, 0) is 46.7 Å². The molecule has 10 nitrogen and oxygen atoms in total. The van der Waals surface area contributed by atoms with Crippen LogP contribution in [0.25, 0.3) is 10.9 Å². The van der Waals surface area contributed by atoms with Gasteiger partial charge >= 0.3 is 16.5 Å². The highest BCUT2D eigenvalue weighted by atomic mass is 32.3. The van der Waals surface area contributed by atoms with Gasteiger partial charge in [0.15, 0.2) is 0 Å². The van der Waals surface area contributed by atoms with Crippen molar-refractivity contribution in [3.05, 3.63) is 90.8 Å². The second kappa shape index (κ2) is 9.72. The number of aromatic nitrogens is 2. The molecule has 0 aliphatic carbocycles. The average molecular weight is 505 g/mol. The van der Waals surface area contributed by atoms with E-state index in [1.165, 1.54) is 0 Å². The molecular weight excluding hydrogens is 482 g/mol. The number of likely N-dealkylation sites (tertiary alicyclic amines) is 1. The second-order valence-corrected chi connectivity index (χ2v) is 9.81. The summed E-state index contributed by atoms with van der Waals surface area (Å²) in [5.74, 6) is 0.154. The lowest BCUT2D eigenvalue weighted by Gasteiger charge is -2.38. The number of anilines is 2. The first-order chi connectivity index (χ1) is 17.4. The second-order valence-electron chi connectivity index (χ2n) is 8.11. The van der Waals surface area contributed by atoms with Crippen molar-refractivity contribution in [1.82, 2.24) is 14.9 Å². The molecule has 0 radical (unpaired) electrons. The van der Waals surface area contributed by atoms with Crippen molar-refractivity contribution in [1.29, 1.82) is 0 Å². The summed E-state index contributed by atoms with van der Waals surface area (Å²) in [6.45, 7) is 0.542. The van der Waals surface area contributed by atoms with Crippen molar-refractivity contribution < 1.29 is 23.1 Å². The summed E-state index contributed by atoms with van der Waals surface area (Å²) in [5.41, 5.74) is 1.23. The number of para-hydroxylation sites is 1. The van der Waals surface area contributed by atoms with Crippen molar-refractivity contribution in [2.75, 3.05) is 23.1 Å². The van der Waals surface area contributed by atoms with Crippen LogP contribution >= 0.6 is 0 Å². The molecule has 2 aromatic carbocycles. The summed E-state index contributed by atoms with van der Waals surface area (Å²) in [5, 5.41) is 3.29. The summed E-state index contributed by atoms with van der Waals surface area (Å²) >= 11 is 0. The Labute approximate surface area is 207 Å². The Kier molecular flexibility index (Phi) is 6.32. The number of carbonyl (C=O) groups excluding carboxylic acids is 2. The molecule has 0 bridgehead atoms. The fraction of sp³-hybridized carbons (Fsp3) is 0.120. The zero-order valence-corrected chi connectivity index (χ0v) is 19.7. The van der Waals surface area contributed by atoms with Gasteiger partial charge in [0.25, 0.3) is 5.91 Å². The first kappa shape index (κ1) is 23.4. The normalized spacial score (nSPS) is 15.0. The highest BCUT2D eigenvalue weighted by molar-refractivity contribution is 7.99. The molecule has 1 saturated heterocycles. The number of hydrogen-bond donors (Lipinski definition) is 3. The summed E-state index contributed by atoms with van der Waals surface area (Å²) in [7, 11) is -3.64. The van der Waals surface area contributed by atoms with E-state index >= 15 is 0 Å². The van der Waals surface area contributed by atoms with E-state index in [-0.39, 0.29) is 23.9 Å². The molecule has 0 spiro atoms. The number of hydrogen-bond acceptors (Lipinski definition) is 6. The third-order valence-electron chi connectivity index (χ3n) is 5.59. The Bertz CT molecular complexity index is 1450. The van der Waals surface area contributed by atoms with E-state index in [0.29, 0.717) is 22.6 Å². The maximum atomic E-state index is 13.1. The van der Waals surface area contributed by atoms with Gasteiger partial charge in [0.2, 0.25) is 4.90 Å². The molecule has 1 fully saturated rings. The minimum absolute atomic E-state index is 0.180. The smallest absolute Gasteiger partial charge is 0.413 e. The van der Waals surface area contributed by atoms with Crippen molar-refractivity contribution in [3.8, 4) is 0 Å². The van der Waals surface area contributed by atoms with E-state index in [4.69, 9.17) is 4.74 Å². The minimum Gasteiger partial charge on any atom is -0.442 e. The number of ether oxygens (including phenoxy) is 1. The van der Waals surface area contributed by atoms with Crippen LogP contribution in [0.3, 0.4) is 0 Å². The molecule has 5 rings (SSSR count). The Balaban J connectivity index is 1.17. The Hall–Kier alpha value is -4.35. The Morgan fingerprint density at radius 3 is 2.44 bits per heavy atom. The topological polar surface area (TPSA) is 134 Å². The molecule has 1 aliphatic rings. The molecule has 0 saturated carbocycles. The lowest BCUT2D eigenvalue weighted by atomic mass is 10.1. The maximum Gasteiger partial charge on any atom is 0.413 e. The lowest BCUT2D eigenvalue weighted by Crippen LogP contribution is -2.55. The number of pyridine rings is 2. The number of benzene rings is 2. The number of fused-ring (bicyclic) bond motifs is 1. The monoisotopic (exact) mass is 504 g/mol. The fourth-order valence-corrected chi connectivity index (χ4v) is 5.04. The molecular formula is C25H22N5O5S+. The third-order valence-corrected chi connectivity index (χ3v) is 7.02. The van der Waals surface area contributed by atoms with E-state index in [0.717, 1.165) is 5.39 Å². The maximum absolute atomic E-state index is 13.1. The van der Waals surface area contributed by atoms with E-state index < -0.39 is 22.6 Å². The van der Waals surface area contributed by atoms with Crippen LogP contribution in [0.4, 0.5) is 16.3 Å². The van der Waals surface area contributed by atoms with Crippen molar-refractivity contribution in [2.45, 2.75) is 11.0 Å². The van der Waals surface area contributed by atoms with Crippen LogP contribution in [-0.2, 0) is 19.3 Å². The average Bonchev–Trinajstić information content (AvgIpc) is 2.86. The van der Waals surface area contributed by atoms with Crippen LogP contribution in [0, 0.1) is 0 Å². The molecule has 2 amide bonds. The first-order valence-electron chi connectivity index (χ1n) is 11.1. The van der Waals surface area contributed by atoms with E-state index in [9.17, 15) is 18.4 Å². The van der Waals surface area contributed by atoms with Gasteiger partial charge in [-0.1, -0.05) is 24.3 Å². The molecule has 1 aliphatic heterocycles. The predicted octanol–water partition coefficient (Wildman–Crippen LogP) is 4.06. The molecule has 1 atom stereocenters. The third kappa shape index (κ3) is 5.02. The molecule has 1 unspecified atom stereocenters. The highest BCUT2D eigenvalue weighted by Gasteiger charge is 2.35. The van der Waals surface area contributed by atoms with Gasteiger partial charge in [0.1, 0.15) is 17.4 Å². The van der Waals surface area contributed by atoms with Gasteiger partial charge in [-0.15, -0.1) is 0 Å². The molecule has 11 heteroatoms. The predicted molar refractivity (Wildman–Crippen MR) is 135 cm³/mol. The van der Waals surface area contributed by atoms with Gasteiger partial charge in [-0.25, -0.2) is 9.78 Å². The molecule has 3 heterocycles. The highest BCUT2D eigenvalue weighted by Crippen LogP contribution is 2.27. The number of rotatable bonds is 6. The quantitative estimate of drug-likeness (QED) is 0.337. The molecule has 3 N–H and O–H groups in total. The molecule has 4 aromatic rings. The number of nitrogens with one attached hydrogen (secondary N) is 2. The van der Waals surface area contributed by atoms with E-state index in [1.54, 1.807) is 78.0 Å². The largest absolute Gasteiger partial charge is 0.442 e. The molecule has 182 valence electrons. The SMILES string of the molecule is O=C(Nc1ccccn1)OC1CN(C(=O)c2ccc(N[S+](=O)(O)c3cccc4cccnc34)cc2)C1. The summed E-state index contributed by atoms with van der Waals surface area (Å²) in [4.78, 5) is 34.7. The molecule has 2 aromatic heterocycles. The fourth-order valence-electron chi connectivity index (χ4n) is 3.78. The van der Waals surface area contributed by atoms with Gasteiger partial charge in [-0.3, -0.25) is 15.1 Å². The van der Waals surface area contributed by atoms with Gasteiger partial charge in [0, 0.05) is 29.4 Å². The van der Waals surface area contributed by atoms with Crippen LogP contribution in [0.5, 0.6) is 0 Å². The van der Waals surface area contributed by atoms with Crippen molar-refractivity contribution in [2.24, 2.45) is 0 Å². The molecule has 36 heavy (non-hydrogen) atoms. The summed E-state index contributed by atoms with van der Waals surface area (Å²) in [6.07, 6.45) is 2.09. The summed E-state index contributed by atoms with van der Waals surface area (Å²) < 4.78 is 31.7. The number of amides is 2. The van der Waals surface area contributed by atoms with Crippen LogP contribution in [0.2, 0.25) is 0 Å². The van der Waals surface area contributed by atoms with Crippen LogP contribution in [0.15, 0.2) is 90.1 Å². The Morgan fingerprint density at radius 2 is 1.69 bits per heavy atom. The van der Waals surface area contributed by atoms with Gasteiger partial charge < -0.3 is 9.64 Å². The van der Waals surface area contributed by atoms with E-state index in [1.807, 2.05) is 12.1 Å². The zero-order valence-electron chi connectivity index (χ0n) is 18.9. The summed E-state index contributed by atoms with van der Waals surface area (Å²) in [6, 6.07) is 20.1. The lowest BCUT2D eigenvalue weighted by molar-refractivity contribution is -0.00207. The first-order valence-corrected chi connectivity index (χ1v) is 12.6. The zero-order chi connectivity index (χ0) is 25.1. The number of carbonyl (C=O) groups is 2. The van der Waals surface area contributed by atoms with Gasteiger partial charge in [-0.2, -0.15) is 9.27 Å². The van der Waals surface area contributed by atoms with Crippen LogP contribution < -0.4 is 10.0 Å². The van der Waals surface area contributed by atoms with Gasteiger partial charge in [0.05, 0.1) is 18.8 Å². The van der Waals surface area contributed by atoms with Crippen molar-refractivity contribution >= 4 is 44.8 Å². The standard InChI is InChI=1S/C25H21N5O5S/c31-24(30-15-20(16-30)35-25(32)28-22-8-1-2-13-26-22)18-9-11-19(12-10-18)29-36(33,34)21-7-3-5-17-6-4-14-27-23(17)21/h1-14,20H,15-16H2,(H2-,26,28,29,31,32,33,34)/p+1. The number of nitrogens with zero attached hydrogens (tertiary/aromatic N) is 3.